The number of carbonyl (C=O) groups is 1. The average Bonchev–Trinajstić information content (AvgIpc) is 2.85. The summed E-state index contributed by atoms with van der Waals surface area (Å²) in [6.07, 6.45) is 0.949. The highest BCUT2D eigenvalue weighted by Gasteiger charge is 2.40. The van der Waals surface area contributed by atoms with Crippen LogP contribution in [0.25, 0.3) is 0 Å². The number of amides is 1. The Bertz CT molecular complexity index is 703. The highest BCUT2D eigenvalue weighted by Crippen LogP contribution is 2.33. The van der Waals surface area contributed by atoms with E-state index in [-0.39, 0.29) is 28.3 Å². The van der Waals surface area contributed by atoms with Crippen LogP contribution in [0.5, 0.6) is 0 Å². The molecule has 0 bridgehead atoms. The Hall–Kier alpha value is -1.67. The third-order valence-corrected chi connectivity index (χ3v) is 6.00. The van der Waals surface area contributed by atoms with Crippen molar-refractivity contribution in [1.29, 1.82) is 0 Å². The molecule has 1 aliphatic heterocycles. The lowest BCUT2D eigenvalue weighted by atomic mass is 10.1. The molecule has 1 unspecified atom stereocenters. The lowest BCUT2D eigenvalue weighted by molar-refractivity contribution is -0.121. The molecule has 0 aliphatic carbocycles. The predicted molar refractivity (Wildman–Crippen MR) is 76.4 cm³/mol. The number of rotatable bonds is 3. The molecule has 0 radical (unpaired) electrons. The van der Waals surface area contributed by atoms with E-state index >= 15 is 0 Å². The van der Waals surface area contributed by atoms with E-state index in [4.69, 9.17) is 11.5 Å². The molecule has 0 saturated carbocycles. The Morgan fingerprint density at radius 3 is 2.62 bits per heavy atom. The van der Waals surface area contributed by atoms with Crippen molar-refractivity contribution in [3.63, 3.8) is 0 Å². The summed E-state index contributed by atoms with van der Waals surface area (Å²) in [6, 6.07) is 0.227. The van der Waals surface area contributed by atoms with E-state index < -0.39 is 27.8 Å². The van der Waals surface area contributed by atoms with Gasteiger partial charge in [0.2, 0.25) is 15.9 Å². The Kier molecular flexibility index (Phi) is 3.94. The van der Waals surface area contributed by atoms with Crippen molar-refractivity contribution in [1.82, 2.24) is 4.31 Å². The normalized spacial score (nSPS) is 19.9. The standard InChI is InChI=1S/C13H18FN3O3S/c1-7-6-9(14)11(15)8(2)12(7)21(19,20)17-5-3-4-10(17)13(16)18/h6,10H,3-5,15H2,1-2H3,(H2,16,18). The van der Waals surface area contributed by atoms with Crippen molar-refractivity contribution in [3.8, 4) is 0 Å². The fourth-order valence-corrected chi connectivity index (χ4v) is 4.87. The zero-order valence-electron chi connectivity index (χ0n) is 11.9. The van der Waals surface area contributed by atoms with Crippen LogP contribution in [0.1, 0.15) is 24.0 Å². The smallest absolute Gasteiger partial charge is 0.244 e. The molecule has 116 valence electrons. The highest BCUT2D eigenvalue weighted by molar-refractivity contribution is 7.89. The van der Waals surface area contributed by atoms with Gasteiger partial charge in [-0.25, -0.2) is 12.8 Å². The highest BCUT2D eigenvalue weighted by atomic mass is 32.2. The maximum Gasteiger partial charge on any atom is 0.244 e. The van der Waals surface area contributed by atoms with Gasteiger partial charge in [-0.3, -0.25) is 4.79 Å². The summed E-state index contributed by atoms with van der Waals surface area (Å²) in [4.78, 5) is 11.4. The molecule has 1 fully saturated rings. The molecule has 1 saturated heterocycles. The Labute approximate surface area is 123 Å². The fraction of sp³-hybridized carbons (Fsp3) is 0.462. The quantitative estimate of drug-likeness (QED) is 0.799. The second-order valence-electron chi connectivity index (χ2n) is 5.22. The van der Waals surface area contributed by atoms with Crippen LogP contribution in [0.3, 0.4) is 0 Å². The number of nitrogens with two attached hydrogens (primary N) is 2. The molecular formula is C13H18FN3O3S. The van der Waals surface area contributed by atoms with Crippen LogP contribution in [-0.4, -0.2) is 31.2 Å². The topological polar surface area (TPSA) is 106 Å². The van der Waals surface area contributed by atoms with Crippen molar-refractivity contribution in [3.05, 3.63) is 23.0 Å². The van der Waals surface area contributed by atoms with Gasteiger partial charge in [-0.2, -0.15) is 4.31 Å². The molecule has 1 amide bonds. The van der Waals surface area contributed by atoms with Crippen molar-refractivity contribution in [2.24, 2.45) is 5.73 Å². The summed E-state index contributed by atoms with van der Waals surface area (Å²) in [6.45, 7) is 3.16. The Morgan fingerprint density at radius 2 is 2.05 bits per heavy atom. The number of carbonyl (C=O) groups excluding carboxylic acids is 1. The van der Waals surface area contributed by atoms with Crippen molar-refractivity contribution in [2.75, 3.05) is 12.3 Å². The number of aryl methyl sites for hydroxylation is 1. The number of benzene rings is 1. The van der Waals surface area contributed by atoms with Crippen LogP contribution >= 0.6 is 0 Å². The molecule has 1 atom stereocenters. The largest absolute Gasteiger partial charge is 0.396 e. The molecule has 1 aromatic carbocycles. The van der Waals surface area contributed by atoms with Crippen molar-refractivity contribution < 1.29 is 17.6 Å². The molecule has 8 heteroatoms. The summed E-state index contributed by atoms with van der Waals surface area (Å²) in [5.41, 5.74) is 11.1. The molecular weight excluding hydrogens is 297 g/mol. The lowest BCUT2D eigenvalue weighted by Gasteiger charge is -2.24. The van der Waals surface area contributed by atoms with Gasteiger partial charge >= 0.3 is 0 Å². The monoisotopic (exact) mass is 315 g/mol. The first-order chi connectivity index (χ1) is 9.67. The van der Waals surface area contributed by atoms with E-state index in [0.717, 1.165) is 10.4 Å². The number of hydrogen-bond donors (Lipinski definition) is 2. The third kappa shape index (κ3) is 2.49. The van der Waals surface area contributed by atoms with Gasteiger partial charge in [-0.1, -0.05) is 0 Å². The van der Waals surface area contributed by atoms with E-state index in [1.165, 1.54) is 13.8 Å². The summed E-state index contributed by atoms with van der Waals surface area (Å²) >= 11 is 0. The Balaban J connectivity index is 2.60. The van der Waals surface area contributed by atoms with Gasteiger partial charge in [0.25, 0.3) is 0 Å². The summed E-state index contributed by atoms with van der Waals surface area (Å²) < 4.78 is 40.3. The molecule has 1 aliphatic rings. The first kappa shape index (κ1) is 15.7. The maximum atomic E-state index is 13.6. The van der Waals surface area contributed by atoms with E-state index in [1.54, 1.807) is 0 Å². The van der Waals surface area contributed by atoms with E-state index in [2.05, 4.69) is 0 Å². The molecule has 0 aromatic heterocycles. The third-order valence-electron chi connectivity index (χ3n) is 3.80. The zero-order valence-corrected chi connectivity index (χ0v) is 12.7. The van der Waals surface area contributed by atoms with Crippen molar-refractivity contribution in [2.45, 2.75) is 37.6 Å². The molecule has 6 nitrogen and oxygen atoms in total. The number of hydrogen-bond acceptors (Lipinski definition) is 4. The van der Waals surface area contributed by atoms with Gasteiger partial charge in [0, 0.05) is 6.54 Å². The number of halogens is 1. The maximum absolute atomic E-state index is 13.6. The van der Waals surface area contributed by atoms with Gasteiger partial charge in [0.15, 0.2) is 0 Å². The molecule has 2 rings (SSSR count). The molecule has 4 N–H and O–H groups in total. The minimum Gasteiger partial charge on any atom is -0.396 e. The minimum absolute atomic E-state index is 0.0467. The first-order valence-corrected chi connectivity index (χ1v) is 7.98. The van der Waals surface area contributed by atoms with Crippen LogP contribution in [0.15, 0.2) is 11.0 Å². The molecule has 1 heterocycles. The summed E-state index contributed by atoms with van der Waals surface area (Å²) in [7, 11) is -3.95. The second kappa shape index (κ2) is 5.27. The van der Waals surface area contributed by atoms with Crippen molar-refractivity contribution >= 4 is 21.6 Å². The predicted octanol–water partition coefficient (Wildman–Crippen LogP) is 0.663. The number of sulfonamides is 1. The van der Waals surface area contributed by atoms with Gasteiger partial charge in [-0.05, 0) is 43.9 Å². The SMILES string of the molecule is Cc1cc(F)c(N)c(C)c1S(=O)(=O)N1CCCC1C(N)=O. The summed E-state index contributed by atoms with van der Waals surface area (Å²) in [5, 5.41) is 0. The van der Waals surface area contributed by atoms with E-state index in [1.807, 2.05) is 0 Å². The van der Waals surface area contributed by atoms with Crippen LogP contribution < -0.4 is 11.5 Å². The van der Waals surface area contributed by atoms with Crippen LogP contribution in [0, 0.1) is 19.7 Å². The lowest BCUT2D eigenvalue weighted by Crippen LogP contribution is -2.44. The van der Waals surface area contributed by atoms with Gasteiger partial charge in [-0.15, -0.1) is 0 Å². The van der Waals surface area contributed by atoms with E-state index in [9.17, 15) is 17.6 Å². The summed E-state index contributed by atoms with van der Waals surface area (Å²) in [5.74, 6) is -1.33. The van der Waals surface area contributed by atoms with Crippen LogP contribution in [0.2, 0.25) is 0 Å². The number of primary amides is 1. The minimum atomic E-state index is -3.95. The number of nitrogen functional groups attached to an aromatic ring is 1. The average molecular weight is 315 g/mol. The zero-order chi connectivity index (χ0) is 15.9. The first-order valence-electron chi connectivity index (χ1n) is 6.54. The van der Waals surface area contributed by atoms with Gasteiger partial charge in [0.05, 0.1) is 10.6 Å². The Morgan fingerprint density at radius 1 is 1.43 bits per heavy atom. The molecule has 21 heavy (non-hydrogen) atoms. The van der Waals surface area contributed by atoms with E-state index in [0.29, 0.717) is 12.8 Å². The van der Waals surface area contributed by atoms with Crippen LogP contribution in [0.4, 0.5) is 10.1 Å². The van der Waals surface area contributed by atoms with Gasteiger partial charge < -0.3 is 11.5 Å². The number of nitrogens with zero attached hydrogens (tertiary/aromatic N) is 1. The van der Waals surface area contributed by atoms with Gasteiger partial charge in [0.1, 0.15) is 11.9 Å². The molecule has 0 spiro atoms. The number of anilines is 1. The van der Waals surface area contributed by atoms with Crippen LogP contribution in [-0.2, 0) is 14.8 Å². The molecule has 1 aromatic rings. The fourth-order valence-electron chi connectivity index (χ4n) is 2.76. The second-order valence-corrected chi connectivity index (χ2v) is 7.05.